The molecule has 21 heavy (non-hydrogen) atoms. The summed E-state index contributed by atoms with van der Waals surface area (Å²) in [5.74, 6) is -0.869. The standard InChI is InChI=1S/C11H12F3N3O4/c1-6(5-21-7(2)18)16-10-9(17(19)20)3-8(4-15-10)11(12,13)14/h3-4,6H,5H2,1-2H3,(H,15,16)/t6-/m1/s1. The van der Waals surface area contributed by atoms with E-state index in [0.717, 1.165) is 0 Å². The molecule has 0 radical (unpaired) electrons. The lowest BCUT2D eigenvalue weighted by Crippen LogP contribution is -2.24. The first-order valence-electron chi connectivity index (χ1n) is 5.72. The molecular weight excluding hydrogens is 295 g/mol. The van der Waals surface area contributed by atoms with Crippen molar-refractivity contribution in [2.24, 2.45) is 0 Å². The molecule has 1 aromatic heterocycles. The second kappa shape index (κ2) is 6.37. The number of halogens is 3. The van der Waals surface area contributed by atoms with Crippen LogP contribution in [0.3, 0.4) is 0 Å². The van der Waals surface area contributed by atoms with E-state index in [2.05, 4.69) is 15.0 Å². The number of nitrogens with one attached hydrogen (secondary N) is 1. The van der Waals surface area contributed by atoms with Gasteiger partial charge in [0.1, 0.15) is 6.61 Å². The second-order valence-corrected chi connectivity index (χ2v) is 4.19. The second-order valence-electron chi connectivity index (χ2n) is 4.19. The minimum absolute atomic E-state index is 0.102. The van der Waals surface area contributed by atoms with Gasteiger partial charge >= 0.3 is 17.8 Å². The van der Waals surface area contributed by atoms with E-state index in [-0.39, 0.29) is 12.4 Å². The fourth-order valence-electron chi connectivity index (χ4n) is 1.38. The maximum Gasteiger partial charge on any atom is 0.418 e. The number of pyridine rings is 1. The number of aromatic nitrogens is 1. The van der Waals surface area contributed by atoms with E-state index >= 15 is 0 Å². The van der Waals surface area contributed by atoms with E-state index in [1.54, 1.807) is 0 Å². The highest BCUT2D eigenvalue weighted by Crippen LogP contribution is 2.33. The molecule has 7 nitrogen and oxygen atoms in total. The Kier molecular flexibility index (Phi) is 5.06. The maximum atomic E-state index is 12.5. The van der Waals surface area contributed by atoms with Gasteiger partial charge in [-0.2, -0.15) is 13.2 Å². The number of carbonyl (C=O) groups is 1. The van der Waals surface area contributed by atoms with Gasteiger partial charge in [-0.05, 0) is 6.92 Å². The van der Waals surface area contributed by atoms with Gasteiger partial charge in [-0.3, -0.25) is 14.9 Å². The van der Waals surface area contributed by atoms with E-state index in [1.807, 2.05) is 0 Å². The number of alkyl halides is 3. The predicted molar refractivity (Wildman–Crippen MR) is 65.6 cm³/mol. The first-order chi connectivity index (χ1) is 9.61. The fraction of sp³-hybridized carbons (Fsp3) is 0.455. The lowest BCUT2D eigenvalue weighted by atomic mass is 10.2. The number of hydrogen-bond acceptors (Lipinski definition) is 6. The summed E-state index contributed by atoms with van der Waals surface area (Å²) >= 11 is 0. The van der Waals surface area contributed by atoms with Crippen molar-refractivity contribution in [2.45, 2.75) is 26.1 Å². The van der Waals surface area contributed by atoms with E-state index < -0.39 is 34.4 Å². The van der Waals surface area contributed by atoms with E-state index in [0.29, 0.717) is 12.3 Å². The Morgan fingerprint density at radius 3 is 2.67 bits per heavy atom. The van der Waals surface area contributed by atoms with Crippen molar-refractivity contribution < 1.29 is 27.6 Å². The average molecular weight is 307 g/mol. The van der Waals surface area contributed by atoms with Crippen LogP contribution in [0.2, 0.25) is 0 Å². The number of anilines is 1. The van der Waals surface area contributed by atoms with Crippen LogP contribution in [0, 0.1) is 10.1 Å². The molecular formula is C11H12F3N3O4. The van der Waals surface area contributed by atoms with Gasteiger partial charge in [0.25, 0.3) is 0 Å². The lowest BCUT2D eigenvalue weighted by molar-refractivity contribution is -0.384. The largest absolute Gasteiger partial charge is 0.464 e. The van der Waals surface area contributed by atoms with Crippen LogP contribution in [0.5, 0.6) is 0 Å². The molecule has 0 aliphatic carbocycles. The summed E-state index contributed by atoms with van der Waals surface area (Å²) < 4.78 is 42.2. The highest BCUT2D eigenvalue weighted by Gasteiger charge is 2.34. The summed E-state index contributed by atoms with van der Waals surface area (Å²) in [7, 11) is 0. The summed E-state index contributed by atoms with van der Waals surface area (Å²) in [5.41, 5.74) is -2.02. The van der Waals surface area contributed by atoms with Crippen LogP contribution in [0.25, 0.3) is 0 Å². The summed E-state index contributed by atoms with van der Waals surface area (Å²) in [6.45, 7) is 2.62. The summed E-state index contributed by atoms with van der Waals surface area (Å²) in [6.07, 6.45) is -4.23. The zero-order valence-corrected chi connectivity index (χ0v) is 11.1. The molecule has 10 heteroatoms. The van der Waals surface area contributed by atoms with Crippen molar-refractivity contribution in [3.05, 3.63) is 27.9 Å². The van der Waals surface area contributed by atoms with Gasteiger partial charge in [0.05, 0.1) is 16.5 Å². The van der Waals surface area contributed by atoms with Crippen molar-refractivity contribution in [3.8, 4) is 0 Å². The van der Waals surface area contributed by atoms with E-state index in [1.165, 1.54) is 13.8 Å². The molecule has 0 spiro atoms. The molecule has 1 N–H and O–H groups in total. The van der Waals surface area contributed by atoms with Crippen LogP contribution in [-0.4, -0.2) is 28.5 Å². The van der Waals surface area contributed by atoms with Crippen LogP contribution < -0.4 is 5.32 Å². The molecule has 1 heterocycles. The Balaban J connectivity index is 2.97. The van der Waals surface area contributed by atoms with Gasteiger partial charge in [-0.25, -0.2) is 4.98 Å². The molecule has 1 rings (SSSR count). The third kappa shape index (κ3) is 4.89. The molecule has 0 aliphatic rings. The Morgan fingerprint density at radius 1 is 1.57 bits per heavy atom. The molecule has 1 atom stereocenters. The molecule has 1 aromatic rings. The predicted octanol–water partition coefficient (Wildman–Crippen LogP) is 2.37. The Labute approximate surface area is 117 Å². The molecule has 0 aromatic carbocycles. The van der Waals surface area contributed by atoms with Gasteiger partial charge in [-0.15, -0.1) is 0 Å². The molecule has 0 fully saturated rings. The zero-order chi connectivity index (χ0) is 16.2. The lowest BCUT2D eigenvalue weighted by Gasteiger charge is -2.15. The number of ether oxygens (including phenoxy) is 1. The third-order valence-electron chi connectivity index (χ3n) is 2.31. The van der Waals surface area contributed by atoms with Gasteiger partial charge in [0.15, 0.2) is 0 Å². The third-order valence-corrected chi connectivity index (χ3v) is 2.31. The van der Waals surface area contributed by atoms with Crippen LogP contribution >= 0.6 is 0 Å². The smallest absolute Gasteiger partial charge is 0.418 e. The maximum absolute atomic E-state index is 12.5. The first-order valence-corrected chi connectivity index (χ1v) is 5.72. The van der Waals surface area contributed by atoms with Gasteiger partial charge < -0.3 is 10.1 Å². The molecule has 0 saturated heterocycles. The molecule has 0 bridgehead atoms. The monoisotopic (exact) mass is 307 g/mol. The molecule has 116 valence electrons. The number of nitrogens with zero attached hydrogens (tertiary/aromatic N) is 2. The number of esters is 1. The van der Waals surface area contributed by atoms with Crippen LogP contribution in [0.4, 0.5) is 24.7 Å². The van der Waals surface area contributed by atoms with Gasteiger partial charge in [-0.1, -0.05) is 0 Å². The average Bonchev–Trinajstić information content (AvgIpc) is 2.35. The minimum atomic E-state index is -4.72. The van der Waals surface area contributed by atoms with Crippen molar-refractivity contribution in [3.63, 3.8) is 0 Å². The van der Waals surface area contributed by atoms with Gasteiger partial charge in [0, 0.05) is 19.2 Å². The van der Waals surface area contributed by atoms with Crippen molar-refractivity contribution in [1.82, 2.24) is 4.98 Å². The Morgan fingerprint density at radius 2 is 2.19 bits per heavy atom. The number of rotatable bonds is 5. The molecule has 0 unspecified atom stereocenters. The minimum Gasteiger partial charge on any atom is -0.464 e. The van der Waals surface area contributed by atoms with Gasteiger partial charge in [0.2, 0.25) is 5.82 Å². The van der Waals surface area contributed by atoms with Crippen molar-refractivity contribution in [2.75, 3.05) is 11.9 Å². The van der Waals surface area contributed by atoms with Crippen molar-refractivity contribution >= 4 is 17.5 Å². The Hall–Kier alpha value is -2.39. The fourth-order valence-corrected chi connectivity index (χ4v) is 1.38. The van der Waals surface area contributed by atoms with Crippen LogP contribution in [-0.2, 0) is 15.7 Å². The molecule has 0 amide bonds. The first kappa shape index (κ1) is 16.7. The van der Waals surface area contributed by atoms with Crippen LogP contribution in [0.15, 0.2) is 12.3 Å². The SMILES string of the molecule is CC(=O)OC[C@@H](C)Nc1ncc(C(F)(F)F)cc1[N+](=O)[O-]. The normalized spacial score (nSPS) is 12.6. The van der Waals surface area contributed by atoms with E-state index in [4.69, 9.17) is 0 Å². The quantitative estimate of drug-likeness (QED) is 0.510. The summed E-state index contributed by atoms with van der Waals surface area (Å²) in [4.78, 5) is 23.9. The van der Waals surface area contributed by atoms with Crippen LogP contribution in [0.1, 0.15) is 19.4 Å². The highest BCUT2D eigenvalue weighted by molar-refractivity contribution is 5.66. The van der Waals surface area contributed by atoms with E-state index in [9.17, 15) is 28.1 Å². The number of nitro groups is 1. The topological polar surface area (TPSA) is 94.4 Å². The summed E-state index contributed by atoms with van der Waals surface area (Å²) in [5, 5.41) is 13.3. The number of hydrogen-bond donors (Lipinski definition) is 1. The molecule has 0 aliphatic heterocycles. The highest BCUT2D eigenvalue weighted by atomic mass is 19.4. The van der Waals surface area contributed by atoms with Crippen molar-refractivity contribution in [1.29, 1.82) is 0 Å². The Bertz CT molecular complexity index is 548. The zero-order valence-electron chi connectivity index (χ0n) is 11.1. The molecule has 0 saturated carbocycles. The summed E-state index contributed by atoms with van der Waals surface area (Å²) in [6, 6.07) is -0.162. The number of carbonyl (C=O) groups excluding carboxylic acids is 1.